The van der Waals surface area contributed by atoms with Gasteiger partial charge >= 0.3 is 0 Å². The molecule has 0 spiro atoms. The maximum Gasteiger partial charge on any atom is 0.268 e. The Morgan fingerprint density at radius 1 is 1.50 bits per heavy atom. The number of Topliss-reactive ketones (excluding diaryl/α,β-unsaturated/α-hetero) is 1. The van der Waals surface area contributed by atoms with Crippen molar-refractivity contribution in [3.8, 4) is 5.75 Å². The number of methoxy groups -OCH3 is 1. The summed E-state index contributed by atoms with van der Waals surface area (Å²) in [6, 6.07) is 3.64. The molecule has 0 unspecified atom stereocenters. The standard InChI is InChI=1S/C13H10BrFN2O3/c1-20-12-3-2-8(15)4-9(12)11(18)6-17-7-16-5-10(14)13(17)19/h2-5,7H,6H2,1H3. The molecule has 0 radical (unpaired) electrons. The number of ketones is 1. The van der Waals surface area contributed by atoms with Gasteiger partial charge in [0.1, 0.15) is 16.0 Å². The van der Waals surface area contributed by atoms with E-state index in [4.69, 9.17) is 4.74 Å². The molecule has 0 N–H and O–H groups in total. The van der Waals surface area contributed by atoms with Crippen LogP contribution >= 0.6 is 15.9 Å². The highest BCUT2D eigenvalue weighted by atomic mass is 79.9. The summed E-state index contributed by atoms with van der Waals surface area (Å²) < 4.78 is 19.6. The first kappa shape index (κ1) is 14.4. The van der Waals surface area contributed by atoms with Crippen molar-refractivity contribution in [3.63, 3.8) is 0 Å². The molecule has 5 nitrogen and oxygen atoms in total. The van der Waals surface area contributed by atoms with E-state index in [9.17, 15) is 14.0 Å². The van der Waals surface area contributed by atoms with Gasteiger partial charge in [0, 0.05) is 6.20 Å². The summed E-state index contributed by atoms with van der Waals surface area (Å²) >= 11 is 3.04. The Kier molecular flexibility index (Phi) is 4.29. The van der Waals surface area contributed by atoms with Gasteiger partial charge < -0.3 is 4.74 Å². The minimum Gasteiger partial charge on any atom is -0.496 e. The van der Waals surface area contributed by atoms with Crippen molar-refractivity contribution >= 4 is 21.7 Å². The lowest BCUT2D eigenvalue weighted by Gasteiger charge is -2.09. The minimum absolute atomic E-state index is 0.0828. The number of hydrogen-bond acceptors (Lipinski definition) is 4. The Labute approximate surface area is 122 Å². The summed E-state index contributed by atoms with van der Waals surface area (Å²) in [6.07, 6.45) is 2.59. The molecule has 0 saturated carbocycles. The number of aromatic nitrogens is 2. The molecule has 2 aromatic rings. The van der Waals surface area contributed by atoms with Gasteiger partial charge in [-0.3, -0.25) is 14.2 Å². The average Bonchev–Trinajstić information content (AvgIpc) is 2.43. The minimum atomic E-state index is -0.547. The summed E-state index contributed by atoms with van der Waals surface area (Å²) in [7, 11) is 1.39. The number of carbonyl (C=O) groups excluding carboxylic acids is 1. The van der Waals surface area contributed by atoms with Gasteiger partial charge in [-0.25, -0.2) is 9.37 Å². The van der Waals surface area contributed by atoms with Crippen LogP contribution in [0.15, 0.2) is 40.0 Å². The van der Waals surface area contributed by atoms with Gasteiger partial charge in [-0.2, -0.15) is 0 Å². The first-order valence-electron chi connectivity index (χ1n) is 5.59. The van der Waals surface area contributed by atoms with Gasteiger partial charge in [-0.05, 0) is 34.1 Å². The highest BCUT2D eigenvalue weighted by Crippen LogP contribution is 2.20. The number of halogens is 2. The summed E-state index contributed by atoms with van der Waals surface area (Å²) in [4.78, 5) is 27.7. The van der Waals surface area contributed by atoms with Crippen LogP contribution in [-0.4, -0.2) is 22.4 Å². The normalized spacial score (nSPS) is 10.3. The van der Waals surface area contributed by atoms with Crippen molar-refractivity contribution in [1.29, 1.82) is 0 Å². The van der Waals surface area contributed by atoms with E-state index in [1.807, 2.05) is 0 Å². The molecule has 0 saturated heterocycles. The Morgan fingerprint density at radius 3 is 2.95 bits per heavy atom. The second kappa shape index (κ2) is 5.96. The highest BCUT2D eigenvalue weighted by molar-refractivity contribution is 9.10. The molecule has 1 aromatic heterocycles. The van der Waals surface area contributed by atoms with Gasteiger partial charge in [0.05, 0.1) is 25.5 Å². The van der Waals surface area contributed by atoms with Crippen LogP contribution in [0.4, 0.5) is 4.39 Å². The zero-order chi connectivity index (χ0) is 14.7. The van der Waals surface area contributed by atoms with Crippen LogP contribution in [0.1, 0.15) is 10.4 Å². The predicted molar refractivity (Wildman–Crippen MR) is 73.5 cm³/mol. The van der Waals surface area contributed by atoms with E-state index in [-0.39, 0.29) is 27.9 Å². The second-order valence-corrected chi connectivity index (χ2v) is 4.80. The highest BCUT2D eigenvalue weighted by Gasteiger charge is 2.15. The third-order valence-electron chi connectivity index (χ3n) is 2.63. The fraction of sp³-hybridized carbons (Fsp3) is 0.154. The topological polar surface area (TPSA) is 61.2 Å². The zero-order valence-electron chi connectivity index (χ0n) is 10.5. The Bertz CT molecular complexity index is 715. The van der Waals surface area contributed by atoms with Gasteiger partial charge in [-0.1, -0.05) is 0 Å². The average molecular weight is 341 g/mol. The number of hydrogen-bond donors (Lipinski definition) is 0. The van der Waals surface area contributed by atoms with Crippen LogP contribution in [0.5, 0.6) is 5.75 Å². The molecule has 2 rings (SSSR count). The molecule has 104 valence electrons. The fourth-order valence-electron chi connectivity index (χ4n) is 1.67. The van der Waals surface area contributed by atoms with Crippen molar-refractivity contribution in [2.45, 2.75) is 6.54 Å². The van der Waals surface area contributed by atoms with Crippen LogP contribution < -0.4 is 10.3 Å². The van der Waals surface area contributed by atoms with Crippen molar-refractivity contribution in [1.82, 2.24) is 9.55 Å². The second-order valence-electron chi connectivity index (χ2n) is 3.94. The molecule has 0 aliphatic heterocycles. The first-order chi connectivity index (χ1) is 9.52. The number of rotatable bonds is 4. The molecular weight excluding hydrogens is 331 g/mol. The van der Waals surface area contributed by atoms with E-state index in [1.165, 1.54) is 31.8 Å². The zero-order valence-corrected chi connectivity index (χ0v) is 12.1. The smallest absolute Gasteiger partial charge is 0.268 e. The van der Waals surface area contributed by atoms with Crippen molar-refractivity contribution in [3.05, 3.63) is 56.9 Å². The van der Waals surface area contributed by atoms with E-state index >= 15 is 0 Å². The number of nitrogens with zero attached hydrogens (tertiary/aromatic N) is 2. The Hall–Kier alpha value is -2.02. The number of carbonyl (C=O) groups is 1. The summed E-state index contributed by atoms with van der Waals surface area (Å²) in [5, 5.41) is 0. The van der Waals surface area contributed by atoms with Crippen LogP contribution in [0, 0.1) is 5.82 Å². The van der Waals surface area contributed by atoms with Gasteiger partial charge in [0.15, 0.2) is 5.78 Å². The van der Waals surface area contributed by atoms with Gasteiger partial charge in [-0.15, -0.1) is 0 Å². The van der Waals surface area contributed by atoms with Crippen LogP contribution in [0.25, 0.3) is 0 Å². The Morgan fingerprint density at radius 2 is 2.25 bits per heavy atom. The molecule has 0 fully saturated rings. The van der Waals surface area contributed by atoms with Crippen LogP contribution in [0.2, 0.25) is 0 Å². The van der Waals surface area contributed by atoms with E-state index in [0.717, 1.165) is 10.6 Å². The van der Waals surface area contributed by atoms with E-state index in [0.29, 0.717) is 0 Å². The molecule has 0 amide bonds. The maximum absolute atomic E-state index is 13.2. The van der Waals surface area contributed by atoms with E-state index in [2.05, 4.69) is 20.9 Å². The molecule has 0 atom stereocenters. The SMILES string of the molecule is COc1ccc(F)cc1C(=O)Cn1cncc(Br)c1=O. The molecule has 0 aliphatic carbocycles. The van der Waals surface area contributed by atoms with E-state index in [1.54, 1.807) is 0 Å². The third-order valence-corrected chi connectivity index (χ3v) is 3.18. The van der Waals surface area contributed by atoms with Gasteiger partial charge in [0.2, 0.25) is 0 Å². The fourth-order valence-corrected chi connectivity index (χ4v) is 2.02. The molecule has 1 aromatic carbocycles. The molecule has 1 heterocycles. The first-order valence-corrected chi connectivity index (χ1v) is 6.39. The Balaban J connectivity index is 2.35. The molecule has 20 heavy (non-hydrogen) atoms. The van der Waals surface area contributed by atoms with E-state index < -0.39 is 11.6 Å². The predicted octanol–water partition coefficient (Wildman–Crippen LogP) is 2.04. The van der Waals surface area contributed by atoms with Crippen molar-refractivity contribution in [2.24, 2.45) is 0 Å². The lowest BCUT2D eigenvalue weighted by atomic mass is 10.1. The van der Waals surface area contributed by atoms with Crippen molar-refractivity contribution in [2.75, 3.05) is 7.11 Å². The molecule has 0 aliphatic rings. The van der Waals surface area contributed by atoms with Crippen LogP contribution in [-0.2, 0) is 6.54 Å². The monoisotopic (exact) mass is 340 g/mol. The maximum atomic E-state index is 13.2. The molecule has 0 bridgehead atoms. The largest absolute Gasteiger partial charge is 0.496 e. The summed E-state index contributed by atoms with van der Waals surface area (Å²) in [5.74, 6) is -0.732. The number of benzene rings is 1. The number of ether oxygens (including phenoxy) is 1. The third kappa shape index (κ3) is 2.93. The quantitative estimate of drug-likeness (QED) is 0.799. The van der Waals surface area contributed by atoms with Crippen LogP contribution in [0.3, 0.4) is 0 Å². The summed E-state index contributed by atoms with van der Waals surface area (Å²) in [6.45, 7) is -0.245. The van der Waals surface area contributed by atoms with Crippen molar-refractivity contribution < 1.29 is 13.9 Å². The van der Waals surface area contributed by atoms with Gasteiger partial charge in [0.25, 0.3) is 5.56 Å². The lowest BCUT2D eigenvalue weighted by Crippen LogP contribution is -2.25. The summed E-state index contributed by atoms with van der Waals surface area (Å²) in [5.41, 5.74) is -0.303. The molecule has 7 heteroatoms. The molecular formula is C13H10BrFN2O3. The lowest BCUT2D eigenvalue weighted by molar-refractivity contribution is 0.0967.